The number of rotatable bonds is 1. The van der Waals surface area contributed by atoms with Crippen molar-refractivity contribution in [3.8, 4) is 0 Å². The maximum absolute atomic E-state index is 12.3. The van der Waals surface area contributed by atoms with Gasteiger partial charge >= 0.3 is 6.18 Å². The minimum Gasteiger partial charge on any atom is -0.309 e. The van der Waals surface area contributed by atoms with E-state index in [-0.39, 0.29) is 6.04 Å². The lowest BCUT2D eigenvalue weighted by Crippen LogP contribution is -2.27. The van der Waals surface area contributed by atoms with Crippen molar-refractivity contribution in [1.82, 2.24) is 10.3 Å². The largest absolute Gasteiger partial charge is 0.417 e. The van der Waals surface area contributed by atoms with Crippen LogP contribution in [-0.4, -0.2) is 11.5 Å². The zero-order valence-corrected chi connectivity index (χ0v) is 8.72. The topological polar surface area (TPSA) is 24.9 Å². The molecular weight excluding hydrogens is 217 g/mol. The van der Waals surface area contributed by atoms with Gasteiger partial charge in [0.2, 0.25) is 0 Å². The molecule has 0 spiro atoms. The summed E-state index contributed by atoms with van der Waals surface area (Å²) in [4.78, 5) is 3.89. The molecule has 0 bridgehead atoms. The van der Waals surface area contributed by atoms with Crippen molar-refractivity contribution in [3.05, 3.63) is 29.6 Å². The van der Waals surface area contributed by atoms with Crippen molar-refractivity contribution in [3.63, 3.8) is 0 Å². The number of nitrogens with one attached hydrogen (secondary N) is 1. The van der Waals surface area contributed by atoms with E-state index >= 15 is 0 Å². The van der Waals surface area contributed by atoms with Crippen LogP contribution in [0.2, 0.25) is 0 Å². The van der Waals surface area contributed by atoms with Gasteiger partial charge < -0.3 is 5.32 Å². The minimum absolute atomic E-state index is 0.107. The minimum atomic E-state index is -4.30. The first-order valence-corrected chi connectivity index (χ1v) is 5.34. The molecule has 1 saturated heterocycles. The molecule has 0 aromatic carbocycles. The monoisotopic (exact) mass is 230 g/mol. The van der Waals surface area contributed by atoms with Crippen molar-refractivity contribution in [1.29, 1.82) is 0 Å². The molecule has 1 atom stereocenters. The van der Waals surface area contributed by atoms with Crippen molar-refractivity contribution >= 4 is 0 Å². The highest BCUT2D eigenvalue weighted by molar-refractivity contribution is 5.19. The molecule has 1 aromatic heterocycles. The number of alkyl halides is 3. The second kappa shape index (κ2) is 4.41. The highest BCUT2D eigenvalue weighted by atomic mass is 19.4. The third-order valence-corrected chi connectivity index (χ3v) is 2.78. The fraction of sp³-hybridized carbons (Fsp3) is 0.545. The van der Waals surface area contributed by atoms with E-state index in [1.54, 1.807) is 0 Å². The third-order valence-electron chi connectivity index (χ3n) is 2.78. The van der Waals surface area contributed by atoms with Crippen molar-refractivity contribution in [2.24, 2.45) is 0 Å². The second-order valence-electron chi connectivity index (χ2n) is 3.97. The molecule has 16 heavy (non-hydrogen) atoms. The van der Waals surface area contributed by atoms with Crippen LogP contribution in [0.25, 0.3) is 0 Å². The first kappa shape index (κ1) is 11.4. The highest BCUT2D eigenvalue weighted by Crippen LogP contribution is 2.29. The number of hydrogen-bond donors (Lipinski definition) is 1. The quantitative estimate of drug-likeness (QED) is 0.802. The van der Waals surface area contributed by atoms with E-state index in [0.717, 1.165) is 38.1 Å². The van der Waals surface area contributed by atoms with Gasteiger partial charge in [-0.2, -0.15) is 13.2 Å². The lowest BCUT2D eigenvalue weighted by molar-refractivity contribution is -0.137. The smallest absolute Gasteiger partial charge is 0.309 e. The van der Waals surface area contributed by atoms with E-state index in [2.05, 4.69) is 10.3 Å². The number of halogens is 3. The van der Waals surface area contributed by atoms with Crippen LogP contribution >= 0.6 is 0 Å². The molecule has 0 aliphatic carbocycles. The molecule has 1 aromatic rings. The van der Waals surface area contributed by atoms with E-state index in [4.69, 9.17) is 0 Å². The van der Waals surface area contributed by atoms with E-state index in [9.17, 15) is 13.2 Å². The summed E-state index contributed by atoms with van der Waals surface area (Å²) in [6.45, 7) is 0.910. The zero-order chi connectivity index (χ0) is 11.6. The molecule has 0 radical (unpaired) electrons. The fourth-order valence-corrected chi connectivity index (χ4v) is 1.88. The van der Waals surface area contributed by atoms with E-state index in [1.807, 2.05) is 0 Å². The molecule has 2 nitrogen and oxygen atoms in total. The van der Waals surface area contributed by atoms with Gasteiger partial charge in [0, 0.05) is 12.2 Å². The predicted octanol–water partition coefficient (Wildman–Crippen LogP) is 2.92. The Bertz CT molecular complexity index is 339. The summed E-state index contributed by atoms with van der Waals surface area (Å²) in [5.41, 5.74) is 0.0137. The fourth-order valence-electron chi connectivity index (χ4n) is 1.88. The Hall–Kier alpha value is -1.10. The Kier molecular flexibility index (Phi) is 3.14. The molecule has 1 aliphatic heterocycles. The van der Waals surface area contributed by atoms with Gasteiger partial charge in [0.05, 0.1) is 11.3 Å². The molecule has 1 aliphatic rings. The van der Waals surface area contributed by atoms with Gasteiger partial charge in [-0.1, -0.05) is 6.42 Å². The van der Waals surface area contributed by atoms with Gasteiger partial charge in [-0.05, 0) is 31.5 Å². The molecule has 88 valence electrons. The van der Waals surface area contributed by atoms with E-state index < -0.39 is 11.7 Å². The molecule has 1 fully saturated rings. The number of hydrogen-bond acceptors (Lipinski definition) is 2. The summed E-state index contributed by atoms with van der Waals surface area (Å²) >= 11 is 0. The molecule has 2 rings (SSSR count). The van der Waals surface area contributed by atoms with Gasteiger partial charge in [0.25, 0.3) is 0 Å². The van der Waals surface area contributed by atoms with E-state index in [0.29, 0.717) is 5.69 Å². The van der Waals surface area contributed by atoms with Gasteiger partial charge in [-0.3, -0.25) is 4.98 Å². The van der Waals surface area contributed by atoms with Gasteiger partial charge in [-0.25, -0.2) is 0 Å². The zero-order valence-electron chi connectivity index (χ0n) is 8.72. The standard InChI is InChI=1S/C11H13F3N2/c12-11(13,14)8-4-5-10(16-7-8)9-3-1-2-6-15-9/h4-5,7,9,15H,1-3,6H2/t9-/m1/s1. The van der Waals surface area contributed by atoms with Gasteiger partial charge in [-0.15, -0.1) is 0 Å². The summed E-state index contributed by atoms with van der Waals surface area (Å²) in [6, 6.07) is 2.67. The Balaban J connectivity index is 2.12. The summed E-state index contributed by atoms with van der Waals surface area (Å²) in [5.74, 6) is 0. The number of nitrogens with zero attached hydrogens (tertiary/aromatic N) is 1. The third kappa shape index (κ3) is 2.52. The lowest BCUT2D eigenvalue weighted by Gasteiger charge is -2.23. The average molecular weight is 230 g/mol. The van der Waals surface area contributed by atoms with Crippen molar-refractivity contribution < 1.29 is 13.2 Å². The summed E-state index contributed by atoms with van der Waals surface area (Å²) < 4.78 is 36.9. The van der Waals surface area contributed by atoms with Crippen LogP contribution in [0, 0.1) is 0 Å². The van der Waals surface area contributed by atoms with Crippen LogP contribution in [0.3, 0.4) is 0 Å². The number of piperidine rings is 1. The molecule has 2 heterocycles. The normalized spacial score (nSPS) is 22.1. The highest BCUT2D eigenvalue weighted by Gasteiger charge is 2.31. The number of aromatic nitrogens is 1. The van der Waals surface area contributed by atoms with Crippen LogP contribution in [-0.2, 0) is 6.18 Å². The molecule has 0 unspecified atom stereocenters. The molecule has 0 saturated carbocycles. The second-order valence-corrected chi connectivity index (χ2v) is 3.97. The lowest BCUT2D eigenvalue weighted by atomic mass is 10.0. The first-order chi connectivity index (χ1) is 7.57. The van der Waals surface area contributed by atoms with Crippen LogP contribution in [0.1, 0.15) is 36.6 Å². The Morgan fingerprint density at radius 3 is 2.56 bits per heavy atom. The summed E-state index contributed by atoms with van der Waals surface area (Å²) in [5, 5.41) is 3.25. The first-order valence-electron chi connectivity index (χ1n) is 5.34. The van der Waals surface area contributed by atoms with Gasteiger partial charge in [0.15, 0.2) is 0 Å². The van der Waals surface area contributed by atoms with Crippen LogP contribution in [0.5, 0.6) is 0 Å². The van der Waals surface area contributed by atoms with Crippen molar-refractivity contribution in [2.75, 3.05) is 6.54 Å². The Labute approximate surface area is 91.9 Å². The van der Waals surface area contributed by atoms with Gasteiger partial charge in [0.1, 0.15) is 0 Å². The summed E-state index contributed by atoms with van der Waals surface area (Å²) in [6.07, 6.45) is -0.229. The Morgan fingerprint density at radius 2 is 2.06 bits per heavy atom. The van der Waals surface area contributed by atoms with Crippen LogP contribution in [0.15, 0.2) is 18.3 Å². The maximum Gasteiger partial charge on any atom is 0.417 e. The summed E-state index contributed by atoms with van der Waals surface area (Å²) in [7, 11) is 0. The number of pyridine rings is 1. The maximum atomic E-state index is 12.3. The average Bonchev–Trinajstić information content (AvgIpc) is 2.29. The van der Waals surface area contributed by atoms with Crippen molar-refractivity contribution in [2.45, 2.75) is 31.5 Å². The molecule has 1 N–H and O–H groups in total. The molecular formula is C11H13F3N2. The SMILES string of the molecule is FC(F)(F)c1ccc([C@H]2CCCCN2)nc1. The van der Waals surface area contributed by atoms with Crippen LogP contribution in [0.4, 0.5) is 13.2 Å². The predicted molar refractivity (Wildman–Crippen MR) is 53.8 cm³/mol. The van der Waals surface area contributed by atoms with E-state index in [1.165, 1.54) is 6.07 Å². The Morgan fingerprint density at radius 1 is 1.25 bits per heavy atom. The molecule has 0 amide bonds. The molecule has 5 heteroatoms. The van der Waals surface area contributed by atoms with Crippen LogP contribution < -0.4 is 5.32 Å².